The number of aliphatic hydroxyl groups excluding tert-OH is 1. The Balaban J connectivity index is 1.74. The third kappa shape index (κ3) is 13.7. The number of rotatable bonds is 14. The van der Waals surface area contributed by atoms with Crippen LogP contribution in [0.4, 0.5) is 4.79 Å². The quantitative estimate of drug-likeness (QED) is 0.0632. The summed E-state index contributed by atoms with van der Waals surface area (Å²) < 4.78 is 16.7. The van der Waals surface area contributed by atoms with E-state index in [0.29, 0.717) is 44.3 Å². The second kappa shape index (κ2) is 22.5. The van der Waals surface area contributed by atoms with Crippen LogP contribution in [0.3, 0.4) is 0 Å². The molecule has 2 heterocycles. The highest BCUT2D eigenvalue weighted by Crippen LogP contribution is 2.29. The highest BCUT2D eigenvalue weighted by molar-refractivity contribution is 6.23. The first-order valence-electron chi connectivity index (χ1n) is 19.0. The van der Waals surface area contributed by atoms with E-state index in [0.717, 1.165) is 11.1 Å². The molecule has 0 saturated carbocycles. The molecule has 0 aromatic rings. The Kier molecular flexibility index (Phi) is 18.2. The van der Waals surface area contributed by atoms with Crippen LogP contribution in [0.15, 0.2) is 70.6 Å². The van der Waals surface area contributed by atoms with E-state index in [2.05, 4.69) is 21.4 Å². The number of aliphatic hydroxyl groups is 1. The van der Waals surface area contributed by atoms with Crippen molar-refractivity contribution in [2.24, 2.45) is 17.6 Å². The van der Waals surface area contributed by atoms with Gasteiger partial charge in [-0.25, -0.2) is 15.2 Å². The highest BCUT2D eigenvalue weighted by Gasteiger charge is 2.33. The van der Waals surface area contributed by atoms with E-state index in [-0.39, 0.29) is 53.8 Å². The van der Waals surface area contributed by atoms with Gasteiger partial charge in [-0.15, -0.1) is 0 Å². The van der Waals surface area contributed by atoms with Crippen LogP contribution in [-0.2, 0) is 43.0 Å². The number of nitrogens with one attached hydrogen (secondary N) is 4. The molecular weight excluding hydrogens is 740 g/mol. The zero-order valence-electron chi connectivity index (χ0n) is 33.4. The normalized spacial score (nSPS) is 27.6. The lowest BCUT2D eigenvalue weighted by molar-refractivity contribution is -0.140. The third-order valence-electron chi connectivity index (χ3n) is 9.68. The van der Waals surface area contributed by atoms with Gasteiger partial charge in [-0.1, -0.05) is 38.2 Å². The molecule has 0 saturated heterocycles. The van der Waals surface area contributed by atoms with Crippen molar-refractivity contribution in [3.05, 3.63) is 70.6 Å². The maximum atomic E-state index is 13.9. The molecule has 0 radical (unpaired) electrons. The fourth-order valence-electron chi connectivity index (χ4n) is 6.55. The van der Waals surface area contributed by atoms with E-state index in [1.54, 1.807) is 26.0 Å². The second-order valence-electron chi connectivity index (χ2n) is 14.3. The van der Waals surface area contributed by atoms with Gasteiger partial charge in [-0.2, -0.15) is 0 Å². The Morgan fingerprint density at radius 2 is 1.67 bits per heavy atom. The zero-order chi connectivity index (χ0) is 42.2. The molecule has 57 heavy (non-hydrogen) atoms. The predicted octanol–water partition coefficient (Wildman–Crippen LogP) is 1.46. The molecule has 3 aliphatic rings. The monoisotopic (exact) mass is 796 g/mol. The molecule has 2 bridgehead atoms. The first-order chi connectivity index (χ1) is 27.1. The molecular formula is C40H56N6O11. The van der Waals surface area contributed by atoms with Crippen LogP contribution in [0.25, 0.3) is 0 Å². The van der Waals surface area contributed by atoms with Crippen molar-refractivity contribution in [1.82, 2.24) is 26.4 Å². The average Bonchev–Trinajstić information content (AvgIpc) is 3.48. The maximum Gasteiger partial charge on any atom is 0.405 e. The van der Waals surface area contributed by atoms with E-state index >= 15 is 0 Å². The van der Waals surface area contributed by atoms with Gasteiger partial charge in [-0.05, 0) is 57.4 Å². The summed E-state index contributed by atoms with van der Waals surface area (Å²) in [5.41, 5.74) is 8.95. The number of unbranched alkanes of at least 4 members (excludes halogenated alkanes) is 1. The van der Waals surface area contributed by atoms with Gasteiger partial charge >= 0.3 is 6.09 Å². The largest absolute Gasteiger partial charge is 0.439 e. The minimum Gasteiger partial charge on any atom is -0.439 e. The molecule has 1 unspecified atom stereocenters. The number of nitrogens with two attached hydrogens (primary N) is 1. The molecule has 6 atom stereocenters. The summed E-state index contributed by atoms with van der Waals surface area (Å²) in [5, 5.41) is 20.8. The lowest BCUT2D eigenvalue weighted by Gasteiger charge is -2.30. The van der Waals surface area contributed by atoms with Crippen molar-refractivity contribution in [2.75, 3.05) is 33.9 Å². The van der Waals surface area contributed by atoms with Gasteiger partial charge in [-0.3, -0.25) is 28.8 Å². The predicted molar refractivity (Wildman–Crippen MR) is 208 cm³/mol. The van der Waals surface area contributed by atoms with E-state index in [9.17, 15) is 38.7 Å². The fraction of sp³-hybridized carbons (Fsp3) is 0.525. The van der Waals surface area contributed by atoms with Crippen molar-refractivity contribution in [3.8, 4) is 0 Å². The summed E-state index contributed by atoms with van der Waals surface area (Å²) in [7, 11) is 2.89. The summed E-state index contributed by atoms with van der Waals surface area (Å²) >= 11 is 0. The fourth-order valence-corrected chi connectivity index (χ4v) is 6.55. The minimum absolute atomic E-state index is 0.111. The number of nitrogens with zero attached hydrogens (tertiary/aromatic N) is 1. The van der Waals surface area contributed by atoms with Gasteiger partial charge < -0.3 is 41.0 Å². The van der Waals surface area contributed by atoms with Crippen molar-refractivity contribution in [3.63, 3.8) is 0 Å². The van der Waals surface area contributed by atoms with Crippen LogP contribution >= 0.6 is 0 Å². The molecule has 1 aliphatic carbocycles. The summed E-state index contributed by atoms with van der Waals surface area (Å²) in [4.78, 5) is 88.0. The zero-order valence-corrected chi connectivity index (χ0v) is 33.4. The van der Waals surface area contributed by atoms with Crippen LogP contribution in [0.1, 0.15) is 66.2 Å². The number of hydrazine groups is 1. The minimum atomic E-state index is -1.02. The van der Waals surface area contributed by atoms with Gasteiger partial charge in [0.1, 0.15) is 6.10 Å². The number of methoxy groups -OCH3 is 2. The number of primary amides is 1. The van der Waals surface area contributed by atoms with Crippen LogP contribution in [-0.4, -0.2) is 110 Å². The Labute approximate surface area is 332 Å². The number of carbonyl (C=O) groups is 7. The molecule has 0 aromatic heterocycles. The van der Waals surface area contributed by atoms with Gasteiger partial charge in [0.25, 0.3) is 17.7 Å². The van der Waals surface area contributed by atoms with E-state index in [1.165, 1.54) is 45.4 Å². The molecule has 312 valence electrons. The van der Waals surface area contributed by atoms with E-state index < -0.39 is 65.7 Å². The highest BCUT2D eigenvalue weighted by atomic mass is 16.6. The van der Waals surface area contributed by atoms with Gasteiger partial charge in [0.05, 0.1) is 23.6 Å². The number of carbonyl (C=O) groups excluding carboxylic acids is 7. The number of imide groups is 1. The summed E-state index contributed by atoms with van der Waals surface area (Å²) in [6.07, 6.45) is 7.38. The van der Waals surface area contributed by atoms with Gasteiger partial charge in [0, 0.05) is 75.6 Å². The van der Waals surface area contributed by atoms with Crippen LogP contribution in [0.2, 0.25) is 0 Å². The van der Waals surface area contributed by atoms with Gasteiger partial charge in [0.2, 0.25) is 17.5 Å². The number of ketones is 2. The lowest BCUT2D eigenvalue weighted by Crippen LogP contribution is -2.43. The smallest absolute Gasteiger partial charge is 0.405 e. The number of ether oxygens (including phenoxy) is 3. The number of fused-ring (bicyclic) bond motifs is 2. The Bertz CT molecular complexity index is 1710. The van der Waals surface area contributed by atoms with Crippen LogP contribution < -0.4 is 27.1 Å². The Hall–Kier alpha value is -5.23. The van der Waals surface area contributed by atoms with Crippen molar-refractivity contribution in [1.29, 1.82) is 0 Å². The lowest BCUT2D eigenvalue weighted by atomic mass is 9.85. The molecule has 3 rings (SSSR count). The molecule has 5 amide bonds. The van der Waals surface area contributed by atoms with E-state index in [4.69, 9.17) is 19.9 Å². The molecule has 7 N–H and O–H groups in total. The molecule has 0 fully saturated rings. The average molecular weight is 797 g/mol. The number of Topliss-reactive ketones (excluding diaryl/α,β-unsaturated/α-hetero) is 1. The topological polar surface area (TPSA) is 245 Å². The SMILES string of the molecule is COC1/C=C\C=C(/C)C(=O)NC2=CC(=O)C(NCCCCNC(=O)CCCNN3C(=O)C=CC3=O)=C(C[C@@H](C)C[C@H](OC)[C@H](O)[C@@H](C)/C=C(\C)[C@@H]1OC(N)=O)C2=O. The second-order valence-corrected chi connectivity index (χ2v) is 14.3. The third-order valence-corrected chi connectivity index (χ3v) is 9.68. The first-order valence-corrected chi connectivity index (χ1v) is 19.0. The van der Waals surface area contributed by atoms with Crippen molar-refractivity contribution in [2.45, 2.75) is 90.6 Å². The summed E-state index contributed by atoms with van der Waals surface area (Å²) in [6.45, 7) is 7.85. The van der Waals surface area contributed by atoms with E-state index in [1.807, 2.05) is 6.92 Å². The molecule has 0 spiro atoms. The molecule has 0 aromatic carbocycles. The number of amides is 5. The Morgan fingerprint density at radius 3 is 2.32 bits per heavy atom. The summed E-state index contributed by atoms with van der Waals surface area (Å²) in [6, 6.07) is 0. The number of allylic oxidation sites excluding steroid dienone is 4. The van der Waals surface area contributed by atoms with Crippen LogP contribution in [0.5, 0.6) is 0 Å². The van der Waals surface area contributed by atoms with Crippen LogP contribution in [0, 0.1) is 11.8 Å². The van der Waals surface area contributed by atoms with Crippen molar-refractivity contribution < 1.29 is 52.9 Å². The number of hydrogen-bond donors (Lipinski definition) is 6. The molecule has 17 nitrogen and oxygen atoms in total. The van der Waals surface area contributed by atoms with Gasteiger partial charge in [0.15, 0.2) is 6.10 Å². The molecule has 17 heteroatoms. The van der Waals surface area contributed by atoms with Crippen molar-refractivity contribution >= 4 is 41.3 Å². The Morgan fingerprint density at radius 1 is 0.982 bits per heavy atom. The standard InChI is InChI=1S/C40H56N6O11/c1-23-19-27-35(43-17-8-7-16-42-32(48)13-10-18-44-46-33(49)14-15-34(46)50)29(47)22-28(37(27)52)45-39(53)24(2)11-9-12-30(55-5)38(57-40(41)54)26(4)21-25(3)36(51)31(20-23)56-6/h9,11-12,14-15,21-23,25,30-31,36,38,43-44,51H,7-8,10,13,16-20H2,1-6H3,(H2,41,54)(H,42,48)(H,45,53)/b12-9-,24-11+,26-21+/t23-,25+,30?,31+,36-,38+/m1/s1. The first kappa shape index (κ1) is 46.2. The number of hydrogen-bond acceptors (Lipinski definition) is 13. The molecule has 2 aliphatic heterocycles. The maximum absolute atomic E-state index is 13.9. The summed E-state index contributed by atoms with van der Waals surface area (Å²) in [5.74, 6) is -3.51.